The number of carbonyl (C=O) groups excluding carboxylic acids is 1. The molecule has 0 fully saturated rings. The number of rotatable bonds is 3. The van der Waals surface area contributed by atoms with Crippen molar-refractivity contribution < 1.29 is 35.3 Å². The number of benzene rings is 1. The number of anilines is 1. The van der Waals surface area contributed by atoms with Crippen LogP contribution in [0.1, 0.15) is 12.5 Å². The molecule has 1 amide bonds. The molecule has 0 heterocycles. The molecule has 0 radical (unpaired) electrons. The van der Waals surface area contributed by atoms with Gasteiger partial charge in [0, 0.05) is 5.69 Å². The standard InChI is InChI=1S/C12H11F3N2O5S/c1-8(5-6-21-23(16,19)20)22-11(18)17-10-4-2-3-9(7-10)12(13,14)15/h2-4,7-8H,1H3,(H,17,18)(H2,16,19,20). The Morgan fingerprint density at radius 3 is 2.61 bits per heavy atom. The summed E-state index contributed by atoms with van der Waals surface area (Å²) in [5.41, 5.74) is -1.07. The van der Waals surface area contributed by atoms with E-state index in [2.05, 4.69) is 25.3 Å². The van der Waals surface area contributed by atoms with Crippen molar-refractivity contribution in [2.45, 2.75) is 19.2 Å². The lowest BCUT2D eigenvalue weighted by Crippen LogP contribution is -2.20. The molecule has 126 valence electrons. The largest absolute Gasteiger partial charge is 0.433 e. The van der Waals surface area contributed by atoms with Crippen LogP contribution in [0.15, 0.2) is 24.3 Å². The van der Waals surface area contributed by atoms with Gasteiger partial charge in [-0.25, -0.2) is 4.79 Å². The summed E-state index contributed by atoms with van der Waals surface area (Å²) in [6, 6.07) is 3.91. The highest BCUT2D eigenvalue weighted by atomic mass is 32.2. The molecule has 7 nitrogen and oxygen atoms in total. The van der Waals surface area contributed by atoms with E-state index in [4.69, 9.17) is 0 Å². The van der Waals surface area contributed by atoms with E-state index in [9.17, 15) is 26.4 Å². The van der Waals surface area contributed by atoms with Crippen LogP contribution in [0.3, 0.4) is 0 Å². The average Bonchev–Trinajstić information content (AvgIpc) is 2.36. The number of hydrogen-bond donors (Lipinski definition) is 2. The summed E-state index contributed by atoms with van der Waals surface area (Å²) in [7, 11) is -4.25. The zero-order chi connectivity index (χ0) is 17.7. The van der Waals surface area contributed by atoms with E-state index >= 15 is 0 Å². The molecule has 11 heteroatoms. The second-order valence-corrected chi connectivity index (χ2v) is 5.23. The number of alkyl halides is 3. The molecule has 0 aliphatic heterocycles. The lowest BCUT2D eigenvalue weighted by Gasteiger charge is -2.11. The Morgan fingerprint density at radius 1 is 1.39 bits per heavy atom. The molecule has 1 aromatic carbocycles. The van der Waals surface area contributed by atoms with Crippen LogP contribution in [0.4, 0.5) is 23.7 Å². The van der Waals surface area contributed by atoms with Crippen LogP contribution in [-0.2, 0) is 25.4 Å². The Balaban J connectivity index is 2.63. The van der Waals surface area contributed by atoms with Gasteiger partial charge in [-0.3, -0.25) is 5.32 Å². The highest BCUT2D eigenvalue weighted by Gasteiger charge is 2.30. The number of amides is 1. The van der Waals surface area contributed by atoms with Gasteiger partial charge in [-0.1, -0.05) is 6.07 Å². The van der Waals surface area contributed by atoms with Gasteiger partial charge in [-0.2, -0.15) is 26.7 Å². The minimum absolute atomic E-state index is 0.134. The van der Waals surface area contributed by atoms with Crippen LogP contribution in [0.25, 0.3) is 0 Å². The summed E-state index contributed by atoms with van der Waals surface area (Å²) in [6.45, 7) is 1.28. The molecule has 1 rings (SSSR count). The van der Waals surface area contributed by atoms with Gasteiger partial charge in [0.15, 0.2) is 6.10 Å². The Labute approximate surface area is 129 Å². The molecule has 0 saturated carbocycles. The quantitative estimate of drug-likeness (QED) is 0.807. The molecular weight excluding hydrogens is 341 g/mol. The van der Waals surface area contributed by atoms with Gasteiger partial charge in [0.05, 0.1) is 5.56 Å². The van der Waals surface area contributed by atoms with Gasteiger partial charge in [0.25, 0.3) is 0 Å². The lowest BCUT2D eigenvalue weighted by molar-refractivity contribution is -0.137. The molecule has 1 atom stereocenters. The third kappa shape index (κ3) is 7.39. The molecule has 23 heavy (non-hydrogen) atoms. The second kappa shape index (κ2) is 7.21. The fourth-order valence-electron chi connectivity index (χ4n) is 1.28. The molecule has 1 unspecified atom stereocenters. The monoisotopic (exact) mass is 352 g/mol. The summed E-state index contributed by atoms with van der Waals surface area (Å²) >= 11 is 0. The zero-order valence-corrected chi connectivity index (χ0v) is 12.4. The summed E-state index contributed by atoms with van der Waals surface area (Å²) < 4.78 is 67.0. The third-order valence-corrected chi connectivity index (χ3v) is 2.46. The van der Waals surface area contributed by atoms with Gasteiger partial charge in [0.2, 0.25) is 0 Å². The van der Waals surface area contributed by atoms with Crippen LogP contribution in [0.2, 0.25) is 0 Å². The summed E-state index contributed by atoms with van der Waals surface area (Å²) in [5.74, 6) is 2.10. The first kappa shape index (κ1) is 18.6. The lowest BCUT2D eigenvalue weighted by atomic mass is 10.2. The van der Waals surface area contributed by atoms with Gasteiger partial charge < -0.3 is 8.92 Å². The van der Waals surface area contributed by atoms with Crippen molar-refractivity contribution in [2.24, 2.45) is 5.14 Å². The Kier molecular flexibility index (Phi) is 5.83. The normalized spacial score (nSPS) is 12.6. The highest BCUT2D eigenvalue weighted by molar-refractivity contribution is 7.84. The van der Waals surface area contributed by atoms with Crippen molar-refractivity contribution >= 4 is 22.1 Å². The van der Waals surface area contributed by atoms with Crippen molar-refractivity contribution in [1.29, 1.82) is 0 Å². The number of carbonyl (C=O) groups is 1. The van der Waals surface area contributed by atoms with E-state index < -0.39 is 34.2 Å². The Hall–Kier alpha value is -2.45. The van der Waals surface area contributed by atoms with E-state index in [1.54, 1.807) is 6.11 Å². The van der Waals surface area contributed by atoms with E-state index in [-0.39, 0.29) is 5.69 Å². The van der Waals surface area contributed by atoms with Crippen molar-refractivity contribution in [1.82, 2.24) is 0 Å². The number of hydrogen-bond acceptors (Lipinski definition) is 5. The molecule has 0 bridgehead atoms. The average molecular weight is 352 g/mol. The molecule has 0 aromatic heterocycles. The minimum atomic E-state index is -4.55. The van der Waals surface area contributed by atoms with Gasteiger partial charge >= 0.3 is 22.6 Å². The van der Waals surface area contributed by atoms with E-state index in [1.165, 1.54) is 13.0 Å². The SMILES string of the molecule is CC(C#COS(N)(=O)=O)OC(=O)Nc1cccc(C(F)(F)F)c1. The van der Waals surface area contributed by atoms with Crippen molar-refractivity contribution in [3.05, 3.63) is 29.8 Å². The topological polar surface area (TPSA) is 108 Å². The second-order valence-electron chi connectivity index (χ2n) is 4.07. The van der Waals surface area contributed by atoms with E-state index in [1.807, 2.05) is 0 Å². The Morgan fingerprint density at radius 2 is 2.04 bits per heavy atom. The first-order chi connectivity index (χ1) is 10.5. The maximum absolute atomic E-state index is 12.5. The molecule has 3 N–H and O–H groups in total. The molecular formula is C12H11F3N2O5S. The molecule has 1 aromatic rings. The third-order valence-electron chi connectivity index (χ3n) is 2.14. The van der Waals surface area contributed by atoms with E-state index in [0.29, 0.717) is 0 Å². The number of nitrogens with two attached hydrogens (primary N) is 1. The predicted molar refractivity (Wildman–Crippen MR) is 73.0 cm³/mol. The maximum Gasteiger partial charge on any atom is 0.416 e. The minimum Gasteiger partial charge on any atom is -0.433 e. The van der Waals surface area contributed by atoms with Crippen molar-refractivity contribution in [2.75, 3.05) is 5.32 Å². The molecule has 0 spiro atoms. The first-order valence-electron chi connectivity index (χ1n) is 5.84. The van der Waals surface area contributed by atoms with Crippen LogP contribution in [0, 0.1) is 12.0 Å². The van der Waals surface area contributed by atoms with Crippen LogP contribution < -0.4 is 10.5 Å². The predicted octanol–water partition coefficient (Wildman–Crippen LogP) is 1.82. The molecule has 0 aliphatic rings. The van der Waals surface area contributed by atoms with Crippen molar-refractivity contribution in [3.8, 4) is 12.0 Å². The summed E-state index contributed by atoms with van der Waals surface area (Å²) in [5, 5.41) is 6.59. The highest BCUT2D eigenvalue weighted by Crippen LogP contribution is 2.30. The molecule has 0 aliphatic carbocycles. The zero-order valence-electron chi connectivity index (χ0n) is 11.5. The number of ether oxygens (including phenoxy) is 1. The number of nitrogens with one attached hydrogen (secondary N) is 1. The summed E-state index contributed by atoms with van der Waals surface area (Å²) in [6.07, 6.45) is -5.02. The van der Waals surface area contributed by atoms with Gasteiger partial charge in [-0.05, 0) is 31.0 Å². The van der Waals surface area contributed by atoms with Crippen LogP contribution >= 0.6 is 0 Å². The fraction of sp³-hybridized carbons (Fsp3) is 0.250. The smallest absolute Gasteiger partial charge is 0.416 e. The van der Waals surface area contributed by atoms with Crippen LogP contribution in [0.5, 0.6) is 0 Å². The fourth-order valence-corrected chi connectivity index (χ4v) is 1.44. The summed E-state index contributed by atoms with van der Waals surface area (Å²) in [4.78, 5) is 11.5. The first-order valence-corrected chi connectivity index (χ1v) is 7.31. The number of halogens is 3. The van der Waals surface area contributed by atoms with Crippen molar-refractivity contribution in [3.63, 3.8) is 0 Å². The van der Waals surface area contributed by atoms with E-state index in [0.717, 1.165) is 18.2 Å². The molecule has 0 saturated heterocycles. The van der Waals surface area contributed by atoms with Crippen LogP contribution in [-0.4, -0.2) is 20.6 Å². The van der Waals surface area contributed by atoms with Gasteiger partial charge in [-0.15, -0.1) is 0 Å². The maximum atomic E-state index is 12.5. The van der Waals surface area contributed by atoms with Gasteiger partial charge in [0.1, 0.15) is 6.11 Å². The Bertz CT molecular complexity index is 737.